The van der Waals surface area contributed by atoms with Gasteiger partial charge in [-0.05, 0) is 19.8 Å². The molecule has 0 aromatic carbocycles. The number of ether oxygens (including phenoxy) is 1. The van der Waals surface area contributed by atoms with Crippen LogP contribution in [0.1, 0.15) is 25.8 Å². The van der Waals surface area contributed by atoms with Gasteiger partial charge in [0.15, 0.2) is 11.9 Å². The maximum Gasteiger partial charge on any atom is 0.490 e. The molecule has 7 atom stereocenters. The molecule has 34 heavy (non-hydrogen) atoms. The molecule has 16 nitrogen and oxygen atoms in total. The quantitative estimate of drug-likeness (QED) is 0.173. The standard InChI is InChI=1S/C13H17F2N2O14P3/c1-4-6-7(14)10(19)16-12(20)17(6)11-13(3,15)9(18)8(28-11)5(2)29-33(24,25)31-34(26,27)30-32(21,22)23/h1,5,8-9,11,18H,2-3H3,(H,24,25)(H,26,27)(H,16,19,20)(H2,21,22,23)/t5-,8-,9?,11-,13-/m1/s1. The molecule has 1 aromatic heterocycles. The van der Waals surface area contributed by atoms with Gasteiger partial charge in [-0.2, -0.15) is 13.0 Å². The number of terminal acetylenes is 1. The summed E-state index contributed by atoms with van der Waals surface area (Å²) in [5.41, 5.74) is -6.97. The second-order valence-corrected chi connectivity index (χ2v) is 11.3. The lowest BCUT2D eigenvalue weighted by atomic mass is 9.96. The zero-order valence-electron chi connectivity index (χ0n) is 16.8. The Kier molecular flexibility index (Phi) is 7.99. The minimum Gasteiger partial charge on any atom is -0.387 e. The van der Waals surface area contributed by atoms with Gasteiger partial charge in [0, 0.05) is 0 Å². The van der Waals surface area contributed by atoms with E-state index in [1.807, 2.05) is 0 Å². The summed E-state index contributed by atoms with van der Waals surface area (Å²) in [5, 5.41) is 10.3. The van der Waals surface area contributed by atoms with Crippen LogP contribution in [0.3, 0.4) is 0 Å². The SMILES string of the molecule is C#Cc1c(F)c(=O)[nH]c(=O)n1[C@@H]1O[C@H]([C@@H](C)OP(=O)(O)OP(=O)(O)OP(=O)(O)O)C(O)[C@@]1(C)F. The second-order valence-electron chi connectivity index (χ2n) is 6.89. The van der Waals surface area contributed by atoms with Gasteiger partial charge in [0.05, 0.1) is 6.10 Å². The summed E-state index contributed by atoms with van der Waals surface area (Å²) in [6.45, 7) is 1.54. The normalized spacial score (nSPS) is 29.7. The maximum absolute atomic E-state index is 15.4. The molecule has 1 saturated heterocycles. The van der Waals surface area contributed by atoms with E-state index in [1.54, 1.807) is 5.92 Å². The Labute approximate surface area is 187 Å². The Morgan fingerprint density at radius 3 is 2.26 bits per heavy atom. The number of aliphatic hydroxyl groups excluding tert-OH is 1. The number of nitrogens with zero attached hydrogens (tertiary/aromatic N) is 1. The van der Waals surface area contributed by atoms with E-state index in [2.05, 4.69) is 13.1 Å². The van der Waals surface area contributed by atoms with Gasteiger partial charge < -0.3 is 29.4 Å². The molecule has 21 heteroatoms. The molecule has 1 aromatic rings. The summed E-state index contributed by atoms with van der Waals surface area (Å²) >= 11 is 0. The van der Waals surface area contributed by atoms with Crippen molar-refractivity contribution in [1.29, 1.82) is 0 Å². The lowest BCUT2D eigenvalue weighted by molar-refractivity contribution is -0.0812. The highest BCUT2D eigenvalue weighted by Crippen LogP contribution is 2.66. The maximum atomic E-state index is 15.4. The summed E-state index contributed by atoms with van der Waals surface area (Å²) in [7, 11) is -17.2. The summed E-state index contributed by atoms with van der Waals surface area (Å²) in [6, 6.07) is 0. The van der Waals surface area contributed by atoms with Crippen molar-refractivity contribution in [2.75, 3.05) is 0 Å². The van der Waals surface area contributed by atoms with Gasteiger partial charge >= 0.3 is 29.2 Å². The van der Waals surface area contributed by atoms with Crippen molar-refractivity contribution < 1.29 is 65.0 Å². The molecule has 0 saturated carbocycles. The highest BCUT2D eigenvalue weighted by Gasteiger charge is 2.58. The van der Waals surface area contributed by atoms with Crippen LogP contribution in [-0.4, -0.2) is 58.2 Å². The number of phosphoric ester groups is 1. The fourth-order valence-electron chi connectivity index (χ4n) is 2.96. The summed E-state index contributed by atoms with van der Waals surface area (Å²) in [6.07, 6.45) is -3.28. The molecule has 0 radical (unpaired) electrons. The molecule has 0 aliphatic carbocycles. The molecule has 1 aliphatic heterocycles. The van der Waals surface area contributed by atoms with E-state index in [1.165, 1.54) is 4.98 Å². The van der Waals surface area contributed by atoms with Gasteiger partial charge in [-0.15, -0.1) is 6.42 Å². The minimum absolute atomic E-state index is 0.164. The van der Waals surface area contributed by atoms with Crippen LogP contribution in [0, 0.1) is 18.2 Å². The number of rotatable bonds is 8. The summed E-state index contributed by atoms with van der Waals surface area (Å²) in [5.74, 6) is 0.0170. The summed E-state index contributed by atoms with van der Waals surface area (Å²) < 4.78 is 80.4. The molecule has 2 rings (SSSR count). The molecule has 0 spiro atoms. The third-order valence-corrected chi connectivity index (χ3v) is 8.22. The fraction of sp³-hybridized carbons (Fsp3) is 0.538. The number of aromatic amines is 1. The van der Waals surface area contributed by atoms with Crippen molar-refractivity contribution in [2.45, 2.75) is 44.1 Å². The number of nitrogens with one attached hydrogen (secondary N) is 1. The van der Waals surface area contributed by atoms with E-state index in [0.29, 0.717) is 6.92 Å². The van der Waals surface area contributed by atoms with Crippen LogP contribution >= 0.6 is 23.5 Å². The average Bonchev–Trinajstić information content (AvgIpc) is 2.84. The van der Waals surface area contributed by atoms with Crippen molar-refractivity contribution in [2.24, 2.45) is 0 Å². The van der Waals surface area contributed by atoms with E-state index in [0.717, 1.165) is 6.92 Å². The molecule has 0 bridgehead atoms. The number of aliphatic hydroxyl groups is 1. The van der Waals surface area contributed by atoms with Gasteiger partial charge in [-0.3, -0.25) is 18.9 Å². The van der Waals surface area contributed by atoms with Crippen molar-refractivity contribution in [3.05, 3.63) is 32.3 Å². The van der Waals surface area contributed by atoms with Crippen LogP contribution in [0.25, 0.3) is 0 Å². The van der Waals surface area contributed by atoms with Crippen molar-refractivity contribution in [1.82, 2.24) is 9.55 Å². The molecule has 1 fully saturated rings. The minimum atomic E-state index is -5.87. The zero-order chi connectivity index (χ0) is 26.4. The lowest BCUT2D eigenvalue weighted by Crippen LogP contribution is -2.46. The van der Waals surface area contributed by atoms with Crippen molar-refractivity contribution >= 4 is 23.5 Å². The molecule has 192 valence electrons. The highest BCUT2D eigenvalue weighted by atomic mass is 31.3. The van der Waals surface area contributed by atoms with E-state index in [9.17, 15) is 42.6 Å². The highest BCUT2D eigenvalue weighted by molar-refractivity contribution is 7.66. The molecular formula is C13H17F2N2O14P3. The van der Waals surface area contributed by atoms with Crippen LogP contribution in [0.2, 0.25) is 0 Å². The lowest BCUT2D eigenvalue weighted by Gasteiger charge is -2.26. The average molecular weight is 556 g/mol. The van der Waals surface area contributed by atoms with Crippen molar-refractivity contribution in [3.63, 3.8) is 0 Å². The van der Waals surface area contributed by atoms with Gasteiger partial charge in [0.2, 0.25) is 5.82 Å². The van der Waals surface area contributed by atoms with E-state index in [-0.39, 0.29) is 4.57 Å². The van der Waals surface area contributed by atoms with E-state index in [4.69, 9.17) is 20.9 Å². The van der Waals surface area contributed by atoms with Crippen LogP contribution in [-0.2, 0) is 31.6 Å². The Balaban J connectivity index is 2.35. The third kappa shape index (κ3) is 6.16. The van der Waals surface area contributed by atoms with Crippen molar-refractivity contribution in [3.8, 4) is 12.3 Å². The van der Waals surface area contributed by atoms with Gasteiger partial charge in [0.25, 0.3) is 5.56 Å². The predicted octanol–water partition coefficient (Wildman–Crippen LogP) is -0.625. The monoisotopic (exact) mass is 556 g/mol. The number of alkyl halides is 1. The largest absolute Gasteiger partial charge is 0.490 e. The van der Waals surface area contributed by atoms with Gasteiger partial charge in [-0.1, -0.05) is 0 Å². The number of H-pyrrole nitrogens is 1. The summed E-state index contributed by atoms with van der Waals surface area (Å²) in [4.78, 5) is 60.9. The number of phosphoric acid groups is 3. The van der Waals surface area contributed by atoms with E-state index >= 15 is 4.39 Å². The third-order valence-electron chi connectivity index (χ3n) is 4.30. The second kappa shape index (κ2) is 9.47. The molecule has 2 heterocycles. The topological polar surface area (TPSA) is 244 Å². The zero-order valence-corrected chi connectivity index (χ0v) is 19.5. The Bertz CT molecular complexity index is 1260. The molecule has 1 aliphatic rings. The number of hydrogen-bond acceptors (Lipinski definition) is 10. The first-order chi connectivity index (χ1) is 15.2. The molecule has 0 amide bonds. The molecule has 6 N–H and O–H groups in total. The first kappa shape index (κ1) is 28.7. The van der Waals surface area contributed by atoms with Crippen LogP contribution < -0.4 is 11.2 Å². The van der Waals surface area contributed by atoms with Gasteiger partial charge in [-0.25, -0.2) is 22.9 Å². The van der Waals surface area contributed by atoms with Gasteiger partial charge in [0.1, 0.15) is 17.9 Å². The first-order valence-electron chi connectivity index (χ1n) is 8.58. The van der Waals surface area contributed by atoms with Crippen LogP contribution in [0.5, 0.6) is 0 Å². The fourth-order valence-corrected chi connectivity index (χ4v) is 6.16. The number of halogens is 2. The smallest absolute Gasteiger partial charge is 0.387 e. The Morgan fingerprint density at radius 2 is 1.76 bits per heavy atom. The van der Waals surface area contributed by atoms with Crippen LogP contribution in [0.15, 0.2) is 9.59 Å². The predicted molar refractivity (Wildman–Crippen MR) is 103 cm³/mol. The van der Waals surface area contributed by atoms with Crippen LogP contribution in [0.4, 0.5) is 8.78 Å². The van der Waals surface area contributed by atoms with E-state index < -0.39 is 76.4 Å². The molecule has 3 unspecified atom stereocenters. The number of hydrogen-bond donors (Lipinski definition) is 6. The Morgan fingerprint density at radius 1 is 1.21 bits per heavy atom. The molecular weight excluding hydrogens is 539 g/mol. The Hall–Kier alpha value is -1.57. The first-order valence-corrected chi connectivity index (χ1v) is 13.1. The number of aromatic nitrogens is 2.